The molecule has 1 aliphatic rings. The van der Waals surface area contributed by atoms with E-state index < -0.39 is 0 Å². The van der Waals surface area contributed by atoms with E-state index in [1.165, 1.54) is 57.8 Å². The molecular weight excluding hydrogens is 448 g/mol. The van der Waals surface area contributed by atoms with Crippen LogP contribution in [-0.2, 0) is 28.5 Å². The molecule has 8 heteroatoms. The van der Waals surface area contributed by atoms with Crippen LogP contribution in [0.3, 0.4) is 0 Å². The maximum atomic E-state index is 11.7. The third-order valence-electron chi connectivity index (χ3n) is 6.09. The van der Waals surface area contributed by atoms with Crippen molar-refractivity contribution in [3.63, 3.8) is 0 Å². The number of hydrogen-bond donors (Lipinski definition) is 1. The third-order valence-corrected chi connectivity index (χ3v) is 6.09. The molecule has 0 unspecified atom stereocenters. The first kappa shape index (κ1) is 32.3. The normalized spacial score (nSPS) is 14.4. The molecule has 0 aromatic heterocycles. The van der Waals surface area contributed by atoms with Crippen molar-refractivity contribution in [3.05, 3.63) is 0 Å². The average molecular weight is 503 g/mol. The average Bonchev–Trinajstić information content (AvgIpc) is 2.88. The fourth-order valence-corrected chi connectivity index (χ4v) is 3.92. The lowest BCUT2D eigenvalue weighted by Gasteiger charge is -2.26. The van der Waals surface area contributed by atoms with E-state index >= 15 is 0 Å². The van der Waals surface area contributed by atoms with Gasteiger partial charge in [0.25, 0.3) is 0 Å². The minimum atomic E-state index is -0.159. The molecule has 1 N–H and O–H groups in total. The molecule has 0 saturated carbocycles. The molecule has 0 aromatic carbocycles. The zero-order valence-electron chi connectivity index (χ0n) is 22.6. The number of ether oxygens (including phenoxy) is 5. The summed E-state index contributed by atoms with van der Waals surface area (Å²) in [6.07, 6.45) is 13.9. The Balaban J connectivity index is 1.66. The molecule has 0 spiro atoms. The summed E-state index contributed by atoms with van der Waals surface area (Å²) in [6.45, 7) is 11.9. The van der Waals surface area contributed by atoms with E-state index in [4.69, 9.17) is 23.7 Å². The maximum absolute atomic E-state index is 11.7. The molecule has 0 aliphatic carbocycles. The maximum Gasteiger partial charge on any atom is 0.307 e. The third kappa shape index (κ3) is 23.4. The first-order chi connectivity index (χ1) is 17.3. The zero-order valence-corrected chi connectivity index (χ0v) is 22.6. The Morgan fingerprint density at radius 1 is 0.629 bits per heavy atom. The number of nitrogens with zero attached hydrogens (tertiary/aromatic N) is 1. The number of piperazine rings is 1. The van der Waals surface area contributed by atoms with Crippen molar-refractivity contribution in [3.8, 4) is 0 Å². The van der Waals surface area contributed by atoms with Gasteiger partial charge in [0.2, 0.25) is 0 Å². The zero-order chi connectivity index (χ0) is 25.1. The smallest absolute Gasteiger partial charge is 0.307 e. The number of carbonyl (C=O) groups is 1. The van der Waals surface area contributed by atoms with E-state index in [0.29, 0.717) is 59.3 Å². The molecule has 1 fully saturated rings. The fourth-order valence-electron chi connectivity index (χ4n) is 3.92. The number of esters is 1. The molecular formula is C27H54N2O6. The van der Waals surface area contributed by atoms with Gasteiger partial charge >= 0.3 is 5.97 Å². The molecule has 1 heterocycles. The van der Waals surface area contributed by atoms with Crippen LogP contribution in [0, 0.1) is 0 Å². The summed E-state index contributed by atoms with van der Waals surface area (Å²) in [7, 11) is 0. The first-order valence-electron chi connectivity index (χ1n) is 14.2. The fraction of sp³-hybridized carbons (Fsp3) is 0.963. The first-order valence-corrected chi connectivity index (χ1v) is 14.2. The second-order valence-electron chi connectivity index (χ2n) is 9.19. The Kier molecular flexibility index (Phi) is 24.2. The highest BCUT2D eigenvalue weighted by Crippen LogP contribution is 2.10. The second-order valence-corrected chi connectivity index (χ2v) is 9.19. The summed E-state index contributed by atoms with van der Waals surface area (Å²) in [5.74, 6) is -0.159. The van der Waals surface area contributed by atoms with Crippen LogP contribution < -0.4 is 5.32 Å². The van der Waals surface area contributed by atoms with Crippen molar-refractivity contribution in [1.29, 1.82) is 0 Å². The predicted octanol–water partition coefficient (Wildman–Crippen LogP) is 3.81. The quantitative estimate of drug-likeness (QED) is 0.141. The van der Waals surface area contributed by atoms with Crippen LogP contribution in [0.4, 0.5) is 0 Å². The molecule has 0 bridgehead atoms. The van der Waals surface area contributed by atoms with Crippen molar-refractivity contribution in [1.82, 2.24) is 10.2 Å². The molecule has 8 nitrogen and oxygen atoms in total. The van der Waals surface area contributed by atoms with Gasteiger partial charge in [0.15, 0.2) is 0 Å². The summed E-state index contributed by atoms with van der Waals surface area (Å²) < 4.78 is 27.2. The van der Waals surface area contributed by atoms with E-state index in [-0.39, 0.29) is 5.97 Å². The van der Waals surface area contributed by atoms with Crippen molar-refractivity contribution >= 4 is 5.97 Å². The molecule has 0 atom stereocenters. The van der Waals surface area contributed by atoms with E-state index in [1.54, 1.807) is 0 Å². The van der Waals surface area contributed by atoms with Gasteiger partial charge in [-0.2, -0.15) is 0 Å². The minimum absolute atomic E-state index is 0.159. The van der Waals surface area contributed by atoms with E-state index in [2.05, 4.69) is 17.1 Å². The Morgan fingerprint density at radius 2 is 1.09 bits per heavy atom. The van der Waals surface area contributed by atoms with Crippen molar-refractivity contribution in [2.24, 2.45) is 0 Å². The minimum Gasteiger partial charge on any atom is -0.463 e. The van der Waals surface area contributed by atoms with Crippen LogP contribution in [0.15, 0.2) is 0 Å². The Bertz CT molecular complexity index is 449. The van der Waals surface area contributed by atoms with Gasteiger partial charge < -0.3 is 33.9 Å². The second kappa shape index (κ2) is 26.3. The summed E-state index contributed by atoms with van der Waals surface area (Å²) in [4.78, 5) is 14.0. The number of hydrogen-bond acceptors (Lipinski definition) is 8. The summed E-state index contributed by atoms with van der Waals surface area (Å²) in [6, 6.07) is 0. The molecule has 35 heavy (non-hydrogen) atoms. The topological polar surface area (TPSA) is 78.5 Å². The molecule has 1 saturated heterocycles. The van der Waals surface area contributed by atoms with Crippen LogP contribution in [0.2, 0.25) is 0 Å². The van der Waals surface area contributed by atoms with Crippen molar-refractivity contribution < 1.29 is 28.5 Å². The van der Waals surface area contributed by atoms with Crippen LogP contribution in [0.5, 0.6) is 0 Å². The van der Waals surface area contributed by atoms with E-state index in [1.807, 2.05) is 0 Å². The van der Waals surface area contributed by atoms with Gasteiger partial charge in [-0.15, -0.1) is 0 Å². The van der Waals surface area contributed by atoms with Gasteiger partial charge in [0.1, 0.15) is 6.61 Å². The highest BCUT2D eigenvalue weighted by atomic mass is 16.6. The van der Waals surface area contributed by atoms with Crippen LogP contribution >= 0.6 is 0 Å². The largest absolute Gasteiger partial charge is 0.463 e. The summed E-state index contributed by atoms with van der Waals surface area (Å²) in [5.41, 5.74) is 0. The van der Waals surface area contributed by atoms with Gasteiger partial charge in [-0.05, 0) is 6.42 Å². The van der Waals surface area contributed by atoms with Crippen molar-refractivity contribution in [2.75, 3.05) is 92.2 Å². The van der Waals surface area contributed by atoms with Gasteiger partial charge in [0, 0.05) is 39.3 Å². The molecule has 1 aliphatic heterocycles. The molecule has 208 valence electrons. The molecule has 0 amide bonds. The van der Waals surface area contributed by atoms with Gasteiger partial charge in [-0.1, -0.05) is 64.7 Å². The van der Waals surface area contributed by atoms with Gasteiger partial charge in [0.05, 0.1) is 52.7 Å². The summed E-state index contributed by atoms with van der Waals surface area (Å²) >= 11 is 0. The van der Waals surface area contributed by atoms with Crippen LogP contribution in [-0.4, -0.2) is 103 Å². The number of nitrogens with one attached hydrogen (secondary N) is 1. The number of carbonyl (C=O) groups excluding carboxylic acids is 1. The lowest BCUT2D eigenvalue weighted by molar-refractivity contribution is -0.145. The lowest BCUT2D eigenvalue weighted by atomic mass is 10.1. The van der Waals surface area contributed by atoms with E-state index in [9.17, 15) is 4.79 Å². The predicted molar refractivity (Wildman–Crippen MR) is 140 cm³/mol. The Labute approximate surface area is 214 Å². The summed E-state index contributed by atoms with van der Waals surface area (Å²) in [5, 5.41) is 3.30. The molecule has 0 aromatic rings. The number of rotatable bonds is 26. The highest BCUT2D eigenvalue weighted by molar-refractivity contribution is 5.69. The van der Waals surface area contributed by atoms with Crippen LogP contribution in [0.1, 0.15) is 77.6 Å². The lowest BCUT2D eigenvalue weighted by Crippen LogP contribution is -2.44. The van der Waals surface area contributed by atoms with Crippen molar-refractivity contribution in [2.45, 2.75) is 77.6 Å². The van der Waals surface area contributed by atoms with Gasteiger partial charge in [-0.3, -0.25) is 4.79 Å². The molecule has 1 rings (SSSR count). The Hall–Kier alpha value is -0.770. The monoisotopic (exact) mass is 502 g/mol. The van der Waals surface area contributed by atoms with E-state index in [0.717, 1.165) is 45.8 Å². The van der Waals surface area contributed by atoms with Gasteiger partial charge in [-0.25, -0.2) is 0 Å². The standard InChI is InChI=1S/C27H54N2O6/c1-2-3-4-5-6-7-8-9-10-11-18-31-19-20-32-21-22-33-23-24-34-25-26-35-27(30)12-15-29-16-13-28-14-17-29/h28H,2-26H2,1H3. The molecule has 0 radical (unpaired) electrons. The SMILES string of the molecule is CCCCCCCCCCCCOCCOCCOCCOCCOC(=O)CCN1CCNCC1. The highest BCUT2D eigenvalue weighted by Gasteiger charge is 2.11. The number of unbranched alkanes of at least 4 members (excludes halogenated alkanes) is 9. The Morgan fingerprint density at radius 3 is 1.63 bits per heavy atom. The van der Waals surface area contributed by atoms with Crippen LogP contribution in [0.25, 0.3) is 0 Å².